The molecule has 0 aromatic heterocycles. The maximum atomic E-state index is 12.3. The zero-order valence-electron chi connectivity index (χ0n) is 11.6. The smallest absolute Gasteiger partial charge is 0.307 e. The summed E-state index contributed by atoms with van der Waals surface area (Å²) in [6.45, 7) is 3.40. The molecule has 0 aromatic rings. The van der Waals surface area contributed by atoms with Gasteiger partial charge in [0, 0.05) is 6.54 Å². The number of carboxylic acid groups (broad SMARTS) is 1. The van der Waals surface area contributed by atoms with Crippen LogP contribution in [-0.2, 0) is 14.4 Å². The van der Waals surface area contributed by atoms with Gasteiger partial charge in [-0.2, -0.15) is 0 Å². The SMILES string of the molecule is CC(C)(CNC(=O)C1C2C=CC(C2)C1C(=O)O)C(N)=O. The zero-order valence-corrected chi connectivity index (χ0v) is 11.6. The Bertz CT molecular complexity index is 484. The number of carboxylic acids is 1. The Balaban J connectivity index is 2.04. The molecule has 0 radical (unpaired) electrons. The molecule has 1 fully saturated rings. The summed E-state index contributed by atoms with van der Waals surface area (Å²) in [5, 5.41) is 12.0. The highest BCUT2D eigenvalue weighted by molar-refractivity contribution is 5.87. The summed E-state index contributed by atoms with van der Waals surface area (Å²) in [5.41, 5.74) is 4.41. The summed E-state index contributed by atoms with van der Waals surface area (Å²) in [7, 11) is 0. The van der Waals surface area contributed by atoms with E-state index in [-0.39, 0.29) is 24.3 Å². The van der Waals surface area contributed by atoms with Crippen molar-refractivity contribution < 1.29 is 19.5 Å². The molecule has 2 amide bonds. The highest BCUT2D eigenvalue weighted by atomic mass is 16.4. The van der Waals surface area contributed by atoms with Gasteiger partial charge >= 0.3 is 5.97 Å². The van der Waals surface area contributed by atoms with Crippen LogP contribution < -0.4 is 11.1 Å². The molecule has 110 valence electrons. The first-order valence-electron chi connectivity index (χ1n) is 6.73. The van der Waals surface area contributed by atoms with Gasteiger partial charge in [0.1, 0.15) is 0 Å². The molecule has 20 heavy (non-hydrogen) atoms. The van der Waals surface area contributed by atoms with Gasteiger partial charge < -0.3 is 16.2 Å². The second-order valence-corrected chi connectivity index (χ2v) is 6.30. The fraction of sp³-hybridized carbons (Fsp3) is 0.643. The normalized spacial score (nSPS) is 31.3. The van der Waals surface area contributed by atoms with Crippen molar-refractivity contribution >= 4 is 17.8 Å². The van der Waals surface area contributed by atoms with Crippen molar-refractivity contribution in [2.75, 3.05) is 6.54 Å². The molecule has 4 atom stereocenters. The predicted molar refractivity (Wildman–Crippen MR) is 71.3 cm³/mol. The predicted octanol–water partition coefficient (Wildman–Crippen LogP) is 0.137. The molecule has 0 aliphatic heterocycles. The van der Waals surface area contributed by atoms with Crippen molar-refractivity contribution in [1.29, 1.82) is 0 Å². The van der Waals surface area contributed by atoms with Crippen molar-refractivity contribution in [3.63, 3.8) is 0 Å². The van der Waals surface area contributed by atoms with E-state index in [0.717, 1.165) is 0 Å². The molecule has 4 N–H and O–H groups in total. The minimum Gasteiger partial charge on any atom is -0.481 e. The minimum absolute atomic E-state index is 0.0159. The van der Waals surface area contributed by atoms with Crippen LogP contribution in [0, 0.1) is 29.1 Å². The first-order valence-corrected chi connectivity index (χ1v) is 6.73. The first-order chi connectivity index (χ1) is 9.24. The molecular weight excluding hydrogens is 260 g/mol. The van der Waals surface area contributed by atoms with Gasteiger partial charge in [0.25, 0.3) is 0 Å². The Kier molecular flexibility index (Phi) is 3.58. The molecule has 0 aromatic carbocycles. The number of nitrogens with one attached hydrogen (secondary N) is 1. The van der Waals surface area contributed by atoms with Gasteiger partial charge in [0.15, 0.2) is 0 Å². The maximum absolute atomic E-state index is 12.3. The third-order valence-corrected chi connectivity index (χ3v) is 4.42. The van der Waals surface area contributed by atoms with Crippen molar-refractivity contribution in [1.82, 2.24) is 5.32 Å². The van der Waals surface area contributed by atoms with Crippen LogP contribution in [0.3, 0.4) is 0 Å². The Morgan fingerprint density at radius 1 is 1.25 bits per heavy atom. The topological polar surface area (TPSA) is 109 Å². The van der Waals surface area contributed by atoms with Crippen LogP contribution in [0.25, 0.3) is 0 Å². The van der Waals surface area contributed by atoms with Gasteiger partial charge in [0.05, 0.1) is 17.3 Å². The summed E-state index contributed by atoms with van der Waals surface area (Å²) in [5.74, 6) is -3.02. The average Bonchev–Trinajstić information content (AvgIpc) is 2.95. The van der Waals surface area contributed by atoms with E-state index < -0.39 is 29.1 Å². The number of fused-ring (bicyclic) bond motifs is 2. The Hall–Kier alpha value is -1.85. The van der Waals surface area contributed by atoms with Crippen LogP contribution in [-0.4, -0.2) is 29.4 Å². The number of amides is 2. The molecule has 2 aliphatic rings. The fourth-order valence-electron chi connectivity index (χ4n) is 3.03. The number of carbonyl (C=O) groups is 3. The summed E-state index contributed by atoms with van der Waals surface area (Å²) >= 11 is 0. The van der Waals surface area contributed by atoms with E-state index in [1.165, 1.54) is 0 Å². The minimum atomic E-state index is -0.934. The lowest BCUT2D eigenvalue weighted by atomic mass is 9.82. The van der Waals surface area contributed by atoms with Crippen LogP contribution in [0.5, 0.6) is 0 Å². The molecule has 0 spiro atoms. The lowest BCUT2D eigenvalue weighted by molar-refractivity contribution is -0.148. The molecule has 1 saturated carbocycles. The van der Waals surface area contributed by atoms with E-state index >= 15 is 0 Å². The number of hydrogen-bond acceptors (Lipinski definition) is 3. The van der Waals surface area contributed by atoms with Gasteiger partial charge in [0.2, 0.25) is 11.8 Å². The van der Waals surface area contributed by atoms with Gasteiger partial charge in [-0.25, -0.2) is 0 Å². The molecule has 0 saturated heterocycles. The molecule has 2 rings (SSSR count). The standard InChI is InChI=1S/C14H20N2O4/c1-14(2,13(15)20)6-16-11(17)9-7-3-4-8(5-7)10(9)12(18)19/h3-4,7-10H,5-6H2,1-2H3,(H2,15,20)(H,16,17)(H,18,19). The van der Waals surface area contributed by atoms with E-state index in [1.807, 2.05) is 12.2 Å². The number of rotatable bonds is 5. The molecule has 0 heterocycles. The monoisotopic (exact) mass is 280 g/mol. The van der Waals surface area contributed by atoms with E-state index in [0.29, 0.717) is 6.42 Å². The lowest BCUT2D eigenvalue weighted by Gasteiger charge is -2.26. The second-order valence-electron chi connectivity index (χ2n) is 6.30. The van der Waals surface area contributed by atoms with E-state index in [2.05, 4.69) is 5.32 Å². The van der Waals surface area contributed by atoms with Gasteiger partial charge in [-0.3, -0.25) is 14.4 Å². The molecule has 6 heteroatoms. The van der Waals surface area contributed by atoms with Crippen LogP contribution >= 0.6 is 0 Å². The molecule has 6 nitrogen and oxygen atoms in total. The Morgan fingerprint density at radius 2 is 1.80 bits per heavy atom. The zero-order chi connectivity index (χ0) is 15.1. The van der Waals surface area contributed by atoms with Gasteiger partial charge in [-0.15, -0.1) is 0 Å². The second kappa shape index (κ2) is 4.92. The van der Waals surface area contributed by atoms with Crippen molar-refractivity contribution in [3.05, 3.63) is 12.2 Å². The Morgan fingerprint density at radius 3 is 2.30 bits per heavy atom. The number of aliphatic carboxylic acids is 1. The summed E-state index contributed by atoms with van der Waals surface area (Å²) in [6.07, 6.45) is 4.53. The molecule has 4 unspecified atom stereocenters. The average molecular weight is 280 g/mol. The van der Waals surface area contributed by atoms with Gasteiger partial charge in [-0.1, -0.05) is 12.2 Å². The Labute approximate surface area is 117 Å². The third kappa shape index (κ3) is 2.42. The fourth-order valence-corrected chi connectivity index (χ4v) is 3.03. The summed E-state index contributed by atoms with van der Waals surface area (Å²) in [6, 6.07) is 0. The quantitative estimate of drug-likeness (QED) is 0.622. The number of primary amides is 1. The van der Waals surface area contributed by atoms with E-state index in [1.54, 1.807) is 13.8 Å². The number of carbonyl (C=O) groups excluding carboxylic acids is 2. The van der Waals surface area contributed by atoms with Crippen LogP contribution in [0.15, 0.2) is 12.2 Å². The van der Waals surface area contributed by atoms with E-state index in [4.69, 9.17) is 5.73 Å². The summed E-state index contributed by atoms with van der Waals surface area (Å²) in [4.78, 5) is 34.8. The molecule has 2 aliphatic carbocycles. The molecule has 2 bridgehead atoms. The van der Waals surface area contributed by atoms with Crippen LogP contribution in [0.2, 0.25) is 0 Å². The van der Waals surface area contributed by atoms with Crippen LogP contribution in [0.1, 0.15) is 20.3 Å². The van der Waals surface area contributed by atoms with Crippen molar-refractivity contribution in [2.24, 2.45) is 34.8 Å². The summed E-state index contributed by atoms with van der Waals surface area (Å²) < 4.78 is 0. The number of hydrogen-bond donors (Lipinski definition) is 3. The highest BCUT2D eigenvalue weighted by Crippen LogP contribution is 2.48. The van der Waals surface area contributed by atoms with Crippen molar-refractivity contribution in [2.45, 2.75) is 20.3 Å². The molecular formula is C14H20N2O4. The van der Waals surface area contributed by atoms with Crippen molar-refractivity contribution in [3.8, 4) is 0 Å². The third-order valence-electron chi connectivity index (χ3n) is 4.42. The number of nitrogens with two attached hydrogens (primary N) is 1. The van der Waals surface area contributed by atoms with Crippen LogP contribution in [0.4, 0.5) is 0 Å². The van der Waals surface area contributed by atoms with Gasteiger partial charge in [-0.05, 0) is 32.1 Å². The van der Waals surface area contributed by atoms with E-state index in [9.17, 15) is 19.5 Å². The number of allylic oxidation sites excluding steroid dienone is 2. The largest absolute Gasteiger partial charge is 0.481 e. The maximum Gasteiger partial charge on any atom is 0.307 e. The highest BCUT2D eigenvalue weighted by Gasteiger charge is 2.51. The first kappa shape index (κ1) is 14.6. The lowest BCUT2D eigenvalue weighted by Crippen LogP contribution is -2.46.